The zero-order valence-corrected chi connectivity index (χ0v) is 20.5. The number of hydrogen-bond acceptors (Lipinski definition) is 4. The number of sulfone groups is 1. The predicted octanol–water partition coefficient (Wildman–Crippen LogP) is 5.02. The summed E-state index contributed by atoms with van der Waals surface area (Å²) in [5, 5.41) is 2.29. The molecule has 1 saturated heterocycles. The molecule has 2 aromatic carbocycles. The number of likely N-dealkylation sites (tertiary alicyclic amines) is 1. The minimum atomic E-state index is -3.56. The van der Waals surface area contributed by atoms with Crippen LogP contribution in [0, 0.1) is 6.92 Å². The average Bonchev–Trinajstić information content (AvgIpc) is 3.25. The van der Waals surface area contributed by atoms with E-state index in [1.54, 1.807) is 41.3 Å². The van der Waals surface area contributed by atoms with Gasteiger partial charge >= 0.3 is 0 Å². The van der Waals surface area contributed by atoms with Gasteiger partial charge in [-0.2, -0.15) is 0 Å². The number of benzene rings is 2. The highest BCUT2D eigenvalue weighted by Gasteiger charge is 2.27. The van der Waals surface area contributed by atoms with E-state index in [1.807, 2.05) is 12.3 Å². The Labute approximate surface area is 204 Å². The zero-order valence-electron chi connectivity index (χ0n) is 18.9. The Morgan fingerprint density at radius 2 is 1.79 bits per heavy atom. The van der Waals surface area contributed by atoms with Crippen LogP contribution in [0.25, 0.3) is 16.4 Å². The lowest BCUT2D eigenvalue weighted by molar-refractivity contribution is -0.131. The molecule has 1 amide bonds. The maximum Gasteiger partial charge on any atom is 0.223 e. The molecule has 0 N–H and O–H groups in total. The van der Waals surface area contributed by atoms with E-state index in [0.717, 1.165) is 29.3 Å². The number of aryl methyl sites for hydroxylation is 1. The van der Waals surface area contributed by atoms with E-state index >= 15 is 0 Å². The smallest absolute Gasteiger partial charge is 0.223 e. The molecule has 0 spiro atoms. The first-order chi connectivity index (χ1) is 16.3. The van der Waals surface area contributed by atoms with Gasteiger partial charge in [-0.05, 0) is 66.4 Å². The molecule has 0 radical (unpaired) electrons. The molecule has 0 bridgehead atoms. The van der Waals surface area contributed by atoms with Crippen molar-refractivity contribution in [2.24, 2.45) is 0 Å². The SMILES string of the molecule is Cc1ccc2ncc(C3CCN(C(=O)CCS(=O)(=O)c4ccc5cc(Cl)ccc5c4)CC3)n2c1. The van der Waals surface area contributed by atoms with Crippen LogP contribution in [-0.2, 0) is 14.6 Å². The van der Waals surface area contributed by atoms with Crippen LogP contribution in [0.5, 0.6) is 0 Å². The van der Waals surface area contributed by atoms with Gasteiger partial charge in [0.25, 0.3) is 0 Å². The summed E-state index contributed by atoms with van der Waals surface area (Å²) in [4.78, 5) is 19.3. The summed E-state index contributed by atoms with van der Waals surface area (Å²) >= 11 is 6.01. The number of nitrogens with zero attached hydrogens (tertiary/aromatic N) is 3. The van der Waals surface area contributed by atoms with Crippen LogP contribution >= 0.6 is 11.6 Å². The van der Waals surface area contributed by atoms with Crippen molar-refractivity contribution in [1.82, 2.24) is 14.3 Å². The molecule has 176 valence electrons. The minimum absolute atomic E-state index is 0.0134. The van der Waals surface area contributed by atoms with Crippen molar-refractivity contribution in [3.8, 4) is 0 Å². The summed E-state index contributed by atoms with van der Waals surface area (Å²) < 4.78 is 27.9. The Morgan fingerprint density at radius 3 is 2.59 bits per heavy atom. The van der Waals surface area contributed by atoms with Crippen molar-refractivity contribution in [2.75, 3.05) is 18.8 Å². The second kappa shape index (κ2) is 9.04. The van der Waals surface area contributed by atoms with Gasteiger partial charge in [0.05, 0.1) is 10.6 Å². The average molecular weight is 496 g/mol. The normalized spacial score (nSPS) is 15.3. The quantitative estimate of drug-likeness (QED) is 0.389. The topological polar surface area (TPSA) is 71.8 Å². The lowest BCUT2D eigenvalue weighted by Crippen LogP contribution is -2.38. The van der Waals surface area contributed by atoms with E-state index in [2.05, 4.69) is 28.6 Å². The highest BCUT2D eigenvalue weighted by Crippen LogP contribution is 2.29. The number of piperidine rings is 1. The zero-order chi connectivity index (χ0) is 23.9. The fourth-order valence-corrected chi connectivity index (χ4v) is 6.16. The highest BCUT2D eigenvalue weighted by atomic mass is 35.5. The van der Waals surface area contributed by atoms with Gasteiger partial charge in [0.15, 0.2) is 9.84 Å². The molecule has 3 heterocycles. The van der Waals surface area contributed by atoms with Crippen molar-refractivity contribution in [3.05, 3.63) is 77.2 Å². The molecule has 0 unspecified atom stereocenters. The fraction of sp³-hybridized carbons (Fsp3) is 0.308. The molecule has 0 atom stereocenters. The van der Waals surface area contributed by atoms with E-state index in [9.17, 15) is 13.2 Å². The number of rotatable bonds is 5. The molecule has 2 aromatic heterocycles. The van der Waals surface area contributed by atoms with Crippen LogP contribution in [0.4, 0.5) is 0 Å². The van der Waals surface area contributed by atoms with Crippen molar-refractivity contribution in [1.29, 1.82) is 0 Å². The largest absolute Gasteiger partial charge is 0.343 e. The molecule has 5 rings (SSSR count). The first kappa shape index (κ1) is 22.9. The van der Waals surface area contributed by atoms with Crippen molar-refractivity contribution in [3.63, 3.8) is 0 Å². The molecule has 6 nitrogen and oxygen atoms in total. The van der Waals surface area contributed by atoms with Crippen LogP contribution in [0.1, 0.15) is 36.4 Å². The third kappa shape index (κ3) is 4.55. The maximum absolute atomic E-state index is 12.9. The number of carbonyl (C=O) groups excluding carboxylic acids is 1. The van der Waals surface area contributed by atoms with Gasteiger partial charge in [0.2, 0.25) is 5.91 Å². The van der Waals surface area contributed by atoms with Gasteiger partial charge in [-0.1, -0.05) is 29.8 Å². The second-order valence-corrected chi connectivity index (χ2v) is 11.5. The first-order valence-electron chi connectivity index (χ1n) is 11.4. The summed E-state index contributed by atoms with van der Waals surface area (Å²) in [7, 11) is -3.56. The molecule has 0 saturated carbocycles. The van der Waals surface area contributed by atoms with E-state index in [-0.39, 0.29) is 23.0 Å². The summed E-state index contributed by atoms with van der Waals surface area (Å²) in [6, 6.07) is 14.4. The number of pyridine rings is 1. The second-order valence-electron chi connectivity index (χ2n) is 8.99. The molecule has 8 heteroatoms. The molecule has 34 heavy (non-hydrogen) atoms. The van der Waals surface area contributed by atoms with Crippen molar-refractivity contribution < 1.29 is 13.2 Å². The van der Waals surface area contributed by atoms with Gasteiger partial charge in [0, 0.05) is 48.5 Å². The Morgan fingerprint density at radius 1 is 1.06 bits per heavy atom. The summed E-state index contributed by atoms with van der Waals surface area (Å²) in [6.07, 6.45) is 5.70. The fourth-order valence-electron chi connectivity index (χ4n) is 4.72. The van der Waals surface area contributed by atoms with Crippen LogP contribution in [0.3, 0.4) is 0 Å². The molecule has 1 aliphatic heterocycles. The predicted molar refractivity (Wildman–Crippen MR) is 134 cm³/mol. The van der Waals surface area contributed by atoms with Crippen molar-refractivity contribution >= 4 is 43.8 Å². The van der Waals surface area contributed by atoms with E-state index in [1.165, 1.54) is 11.3 Å². The molecule has 0 aliphatic carbocycles. The summed E-state index contributed by atoms with van der Waals surface area (Å²) in [6.45, 7) is 3.31. The Balaban J connectivity index is 1.21. The Hall–Kier alpha value is -2.90. The summed E-state index contributed by atoms with van der Waals surface area (Å²) in [5.41, 5.74) is 3.28. The van der Waals surface area contributed by atoms with Crippen LogP contribution < -0.4 is 0 Å². The van der Waals surface area contributed by atoms with Gasteiger partial charge in [-0.25, -0.2) is 13.4 Å². The van der Waals surface area contributed by atoms with Crippen LogP contribution in [0.2, 0.25) is 5.02 Å². The summed E-state index contributed by atoms with van der Waals surface area (Å²) in [5.74, 6) is 0.0245. The van der Waals surface area contributed by atoms with Gasteiger partial charge in [-0.15, -0.1) is 0 Å². The molecule has 1 fully saturated rings. The van der Waals surface area contributed by atoms with E-state index < -0.39 is 9.84 Å². The van der Waals surface area contributed by atoms with Crippen LogP contribution in [0.15, 0.2) is 65.8 Å². The third-order valence-corrected chi connectivity index (χ3v) is 8.61. The maximum atomic E-state index is 12.9. The number of carbonyl (C=O) groups is 1. The standard InChI is InChI=1S/C26H26ClN3O3S/c1-18-2-7-25-28-16-24(30(25)17-18)19-8-11-29(12-9-19)26(31)10-13-34(32,33)23-6-4-20-14-22(27)5-3-21(20)15-23/h2-7,14-17,19H,8-13H2,1H3. The molecular weight excluding hydrogens is 470 g/mol. The third-order valence-electron chi connectivity index (χ3n) is 6.67. The minimum Gasteiger partial charge on any atom is -0.343 e. The number of fused-ring (bicyclic) bond motifs is 2. The van der Waals surface area contributed by atoms with Gasteiger partial charge < -0.3 is 9.30 Å². The Kier molecular flexibility index (Phi) is 6.08. The number of aromatic nitrogens is 2. The van der Waals surface area contributed by atoms with Crippen molar-refractivity contribution in [2.45, 2.75) is 37.0 Å². The van der Waals surface area contributed by atoms with E-state index in [0.29, 0.717) is 24.0 Å². The van der Waals surface area contributed by atoms with Gasteiger partial charge in [-0.3, -0.25) is 4.79 Å². The van der Waals surface area contributed by atoms with Crippen LogP contribution in [-0.4, -0.2) is 47.5 Å². The number of hydrogen-bond donors (Lipinski definition) is 0. The number of amides is 1. The lowest BCUT2D eigenvalue weighted by atomic mass is 9.93. The molecule has 4 aromatic rings. The number of halogens is 1. The Bertz CT molecular complexity index is 1490. The van der Waals surface area contributed by atoms with E-state index in [4.69, 9.17) is 11.6 Å². The number of imidazole rings is 1. The monoisotopic (exact) mass is 495 g/mol. The van der Waals surface area contributed by atoms with Gasteiger partial charge in [0.1, 0.15) is 5.65 Å². The first-order valence-corrected chi connectivity index (χ1v) is 13.5. The molecule has 1 aliphatic rings. The molecular formula is C26H26ClN3O3S. The highest BCUT2D eigenvalue weighted by molar-refractivity contribution is 7.91. The lowest BCUT2D eigenvalue weighted by Gasteiger charge is -2.32.